The number of ether oxygens (including phenoxy) is 2. The van der Waals surface area contributed by atoms with E-state index >= 15 is 0 Å². The molecule has 0 N–H and O–H groups in total. The molecule has 0 spiro atoms. The van der Waals surface area contributed by atoms with E-state index in [2.05, 4.69) is 4.98 Å². The largest absolute Gasteiger partial charge is 0.503 e. The van der Waals surface area contributed by atoms with Gasteiger partial charge in [0.05, 0.1) is 31.2 Å². The van der Waals surface area contributed by atoms with Crippen molar-refractivity contribution in [1.82, 2.24) is 4.98 Å². The summed E-state index contributed by atoms with van der Waals surface area (Å²) in [6.07, 6.45) is 5.15. The lowest BCUT2D eigenvalue weighted by Crippen LogP contribution is -2.05. The smallest absolute Gasteiger partial charge is 0.341 e. The van der Waals surface area contributed by atoms with Crippen molar-refractivity contribution in [1.29, 1.82) is 0 Å². The number of methoxy groups -OCH3 is 2. The molecule has 29 heavy (non-hydrogen) atoms. The Morgan fingerprint density at radius 1 is 1.10 bits per heavy atom. The van der Waals surface area contributed by atoms with Crippen LogP contribution < -0.4 is 0 Å². The highest BCUT2D eigenvalue weighted by molar-refractivity contribution is 7.13. The lowest BCUT2D eigenvalue weighted by Gasteiger charge is -2.08. The van der Waals surface area contributed by atoms with Gasteiger partial charge in [0.2, 0.25) is 0 Å². The van der Waals surface area contributed by atoms with E-state index in [1.165, 1.54) is 31.8 Å². The summed E-state index contributed by atoms with van der Waals surface area (Å²) in [6, 6.07) is 12.8. The molecule has 0 saturated heterocycles. The first-order valence-electron chi connectivity index (χ1n) is 8.53. The van der Waals surface area contributed by atoms with Crippen molar-refractivity contribution in [3.05, 3.63) is 81.0 Å². The van der Waals surface area contributed by atoms with Gasteiger partial charge in [0.1, 0.15) is 10.6 Å². The average Bonchev–Trinajstić information content (AvgIpc) is 3.19. The Kier molecular flexibility index (Phi) is 7.09. The zero-order valence-electron chi connectivity index (χ0n) is 15.7. The Morgan fingerprint density at radius 3 is 2.62 bits per heavy atom. The zero-order valence-corrected chi connectivity index (χ0v) is 18.0. The molecule has 2 aromatic carbocycles. The molecule has 7 heteroatoms. The maximum Gasteiger partial charge on any atom is 0.341 e. The number of nitrogens with zero attached hydrogens (tertiary/aromatic N) is 1. The summed E-state index contributed by atoms with van der Waals surface area (Å²) in [5.74, 6) is -0.471. The molecule has 3 rings (SSSR count). The van der Waals surface area contributed by atoms with Crippen LogP contribution in [0, 0.1) is 0 Å². The minimum absolute atomic E-state index is 0.335. The molecule has 0 radical (unpaired) electrons. The van der Waals surface area contributed by atoms with Crippen LogP contribution in [0.4, 0.5) is 0 Å². The van der Waals surface area contributed by atoms with Gasteiger partial charge in [-0.25, -0.2) is 9.78 Å². The van der Waals surface area contributed by atoms with Crippen molar-refractivity contribution in [3.8, 4) is 10.6 Å². The fourth-order valence-electron chi connectivity index (χ4n) is 2.66. The van der Waals surface area contributed by atoms with E-state index < -0.39 is 5.97 Å². The number of rotatable bonds is 6. The molecule has 4 nitrogen and oxygen atoms in total. The fourth-order valence-corrected chi connectivity index (χ4v) is 4.04. The van der Waals surface area contributed by atoms with Crippen molar-refractivity contribution in [2.75, 3.05) is 14.2 Å². The maximum atomic E-state index is 12.1. The molecule has 3 aromatic rings. The Labute approximate surface area is 183 Å². The summed E-state index contributed by atoms with van der Waals surface area (Å²) in [5.41, 5.74) is 3.48. The zero-order chi connectivity index (χ0) is 20.8. The molecule has 148 valence electrons. The second kappa shape index (κ2) is 9.74. The molecule has 0 amide bonds. The topological polar surface area (TPSA) is 48.4 Å². The first kappa shape index (κ1) is 21.1. The summed E-state index contributed by atoms with van der Waals surface area (Å²) < 4.78 is 9.92. The highest BCUT2D eigenvalue weighted by atomic mass is 35.5. The van der Waals surface area contributed by atoms with Gasteiger partial charge in [-0.05, 0) is 35.4 Å². The molecular weight excluding hydrogens is 429 g/mol. The maximum absolute atomic E-state index is 12.1. The lowest BCUT2D eigenvalue weighted by atomic mass is 10.00. The van der Waals surface area contributed by atoms with Gasteiger partial charge in [0.15, 0.2) is 0 Å². The molecule has 0 atom stereocenters. The number of thiazole rings is 1. The van der Waals surface area contributed by atoms with Gasteiger partial charge in [-0.3, -0.25) is 0 Å². The number of halogens is 2. The van der Waals surface area contributed by atoms with Gasteiger partial charge in [-0.2, -0.15) is 0 Å². The van der Waals surface area contributed by atoms with Crippen molar-refractivity contribution >= 4 is 58.2 Å². The van der Waals surface area contributed by atoms with Crippen molar-refractivity contribution in [2.24, 2.45) is 0 Å². The number of carbonyl (C=O) groups is 1. The van der Waals surface area contributed by atoms with Crippen LogP contribution in [0.25, 0.3) is 28.3 Å². The molecule has 0 aliphatic heterocycles. The second-order valence-electron chi connectivity index (χ2n) is 5.88. The van der Waals surface area contributed by atoms with Gasteiger partial charge in [0, 0.05) is 16.0 Å². The van der Waals surface area contributed by atoms with Crippen molar-refractivity contribution in [2.45, 2.75) is 0 Å². The highest BCUT2D eigenvalue weighted by Gasteiger charge is 2.15. The average molecular weight is 446 g/mol. The van der Waals surface area contributed by atoms with Crippen LogP contribution in [0.2, 0.25) is 10.0 Å². The molecule has 0 aliphatic rings. The van der Waals surface area contributed by atoms with Crippen LogP contribution in [0.3, 0.4) is 0 Å². The van der Waals surface area contributed by atoms with Gasteiger partial charge in [-0.15, -0.1) is 11.3 Å². The van der Waals surface area contributed by atoms with Crippen LogP contribution in [0.5, 0.6) is 0 Å². The van der Waals surface area contributed by atoms with Crippen LogP contribution in [0.1, 0.15) is 16.8 Å². The highest BCUT2D eigenvalue weighted by Crippen LogP contribution is 2.33. The number of esters is 1. The van der Waals surface area contributed by atoms with Crippen molar-refractivity contribution < 1.29 is 14.3 Å². The molecule has 0 aliphatic carbocycles. The van der Waals surface area contributed by atoms with Gasteiger partial charge in [0.25, 0.3) is 0 Å². The van der Waals surface area contributed by atoms with E-state index in [4.69, 9.17) is 32.7 Å². The van der Waals surface area contributed by atoms with E-state index in [0.717, 1.165) is 21.8 Å². The Hall–Kier alpha value is -2.60. The Balaban J connectivity index is 1.91. The summed E-state index contributed by atoms with van der Waals surface area (Å²) in [6.45, 7) is 0. The van der Waals surface area contributed by atoms with Gasteiger partial charge >= 0.3 is 5.97 Å². The molecule has 1 heterocycles. The third kappa shape index (κ3) is 5.07. The minimum Gasteiger partial charge on any atom is -0.503 e. The van der Waals surface area contributed by atoms with Crippen LogP contribution >= 0.6 is 34.5 Å². The number of hydrogen-bond acceptors (Lipinski definition) is 5. The number of carbonyl (C=O) groups excluding carboxylic acids is 1. The number of benzene rings is 2. The standard InChI is InChI=1S/C22H17Cl2NO3S/c1-27-12-19(22(26)28-2)17-6-4-3-5-14(17)7-9-16-13-29-21(25-16)18-10-8-15(23)11-20(18)24/h3-13H,1-2H3/b9-7-,19-12+. The minimum atomic E-state index is -0.471. The molecule has 0 fully saturated rings. The van der Waals surface area contributed by atoms with Crippen LogP contribution in [0.15, 0.2) is 54.1 Å². The van der Waals surface area contributed by atoms with E-state index in [1.807, 2.05) is 47.9 Å². The molecular formula is C22H17Cl2NO3S. The van der Waals surface area contributed by atoms with Crippen molar-refractivity contribution in [3.63, 3.8) is 0 Å². The summed E-state index contributed by atoms with van der Waals surface area (Å²) in [5, 5.41) is 3.87. The molecule has 0 bridgehead atoms. The third-order valence-corrected chi connectivity index (χ3v) is 5.45. The normalized spacial score (nSPS) is 11.7. The van der Waals surface area contributed by atoms with E-state index in [-0.39, 0.29) is 0 Å². The summed E-state index contributed by atoms with van der Waals surface area (Å²) >= 11 is 13.7. The number of aromatic nitrogens is 1. The SMILES string of the molecule is CO/C=C(/C(=O)OC)c1ccccc1/C=C\c1csc(-c2ccc(Cl)cc2Cl)n1. The van der Waals surface area contributed by atoms with Crippen LogP contribution in [-0.2, 0) is 14.3 Å². The second-order valence-corrected chi connectivity index (χ2v) is 7.58. The molecule has 1 aromatic heterocycles. The summed E-state index contributed by atoms with van der Waals surface area (Å²) in [7, 11) is 2.82. The number of hydrogen-bond donors (Lipinski definition) is 0. The van der Waals surface area contributed by atoms with Crippen LogP contribution in [-0.4, -0.2) is 25.2 Å². The van der Waals surface area contributed by atoms with E-state index in [1.54, 1.807) is 12.1 Å². The monoisotopic (exact) mass is 445 g/mol. The van der Waals surface area contributed by atoms with E-state index in [9.17, 15) is 4.79 Å². The first-order valence-corrected chi connectivity index (χ1v) is 10.2. The van der Waals surface area contributed by atoms with Gasteiger partial charge in [-0.1, -0.05) is 53.5 Å². The predicted octanol–water partition coefficient (Wildman–Crippen LogP) is 6.45. The third-order valence-electron chi connectivity index (χ3n) is 4.01. The Morgan fingerprint density at radius 2 is 1.90 bits per heavy atom. The first-order chi connectivity index (χ1) is 14.0. The quantitative estimate of drug-likeness (QED) is 0.248. The van der Waals surface area contributed by atoms with E-state index in [0.29, 0.717) is 21.2 Å². The molecule has 0 saturated carbocycles. The predicted molar refractivity (Wildman–Crippen MR) is 120 cm³/mol. The molecule has 0 unspecified atom stereocenters. The Bertz CT molecular complexity index is 1090. The lowest BCUT2D eigenvalue weighted by molar-refractivity contribution is -0.133. The fraction of sp³-hybridized carbons (Fsp3) is 0.0909. The van der Waals surface area contributed by atoms with Gasteiger partial charge < -0.3 is 9.47 Å². The summed E-state index contributed by atoms with van der Waals surface area (Å²) in [4.78, 5) is 16.7.